The molecule has 1 heterocycles. The van der Waals surface area contributed by atoms with Crippen LogP contribution in [0.4, 0.5) is 26.3 Å². The largest absolute Gasteiger partial charge is 0.416 e. The normalized spacial score (nSPS) is 17.4. The monoisotopic (exact) mass is 504 g/mol. The highest BCUT2D eigenvalue weighted by Gasteiger charge is 2.33. The summed E-state index contributed by atoms with van der Waals surface area (Å²) in [5.74, 6) is -0.591. The van der Waals surface area contributed by atoms with E-state index in [9.17, 15) is 31.1 Å². The third-order valence-electron chi connectivity index (χ3n) is 5.60. The molecule has 1 aliphatic rings. The molecule has 35 heavy (non-hydrogen) atoms. The minimum atomic E-state index is -4.58. The van der Waals surface area contributed by atoms with Gasteiger partial charge < -0.3 is 14.4 Å². The van der Waals surface area contributed by atoms with Crippen molar-refractivity contribution in [3.05, 3.63) is 70.8 Å². The van der Waals surface area contributed by atoms with Crippen LogP contribution in [0.5, 0.6) is 0 Å². The Labute approximate surface area is 199 Å². The summed E-state index contributed by atoms with van der Waals surface area (Å²) in [6.45, 7) is 1.81. The first-order valence-corrected chi connectivity index (χ1v) is 10.9. The highest BCUT2D eigenvalue weighted by Crippen LogP contribution is 2.31. The van der Waals surface area contributed by atoms with Crippen LogP contribution in [-0.2, 0) is 28.4 Å². The van der Waals surface area contributed by atoms with Crippen LogP contribution in [0.2, 0.25) is 0 Å². The second kappa shape index (κ2) is 11.4. The number of hydrogen-bond acceptors (Lipinski definition) is 4. The van der Waals surface area contributed by atoms with E-state index in [1.807, 2.05) is 4.90 Å². The molecular formula is C24H26F6N2O3. The summed E-state index contributed by atoms with van der Waals surface area (Å²) in [5.41, 5.74) is -1.25. The number of benzene rings is 2. The van der Waals surface area contributed by atoms with Gasteiger partial charge in [0.05, 0.1) is 30.4 Å². The third kappa shape index (κ3) is 7.68. The van der Waals surface area contributed by atoms with E-state index in [4.69, 9.17) is 9.47 Å². The highest BCUT2D eigenvalue weighted by molar-refractivity contribution is 5.94. The summed E-state index contributed by atoms with van der Waals surface area (Å²) in [7, 11) is 1.45. The zero-order valence-corrected chi connectivity index (χ0v) is 19.0. The highest BCUT2D eigenvalue weighted by atomic mass is 19.4. The van der Waals surface area contributed by atoms with Gasteiger partial charge in [-0.2, -0.15) is 26.3 Å². The van der Waals surface area contributed by atoms with E-state index in [-0.39, 0.29) is 31.8 Å². The van der Waals surface area contributed by atoms with Crippen LogP contribution in [0.3, 0.4) is 0 Å². The zero-order chi connectivity index (χ0) is 25.6. The van der Waals surface area contributed by atoms with Crippen molar-refractivity contribution in [1.29, 1.82) is 0 Å². The third-order valence-corrected chi connectivity index (χ3v) is 5.60. The molecule has 2 aromatic carbocycles. The average Bonchev–Trinajstić information content (AvgIpc) is 2.81. The molecule has 1 amide bonds. The van der Waals surface area contributed by atoms with Crippen molar-refractivity contribution in [2.45, 2.75) is 25.0 Å². The fourth-order valence-electron chi connectivity index (χ4n) is 3.87. The molecule has 0 saturated carbocycles. The first kappa shape index (κ1) is 27.0. The number of rotatable bonds is 8. The fourth-order valence-corrected chi connectivity index (χ4v) is 3.87. The number of carbonyl (C=O) groups is 1. The molecule has 0 unspecified atom stereocenters. The summed E-state index contributed by atoms with van der Waals surface area (Å²) in [5, 5.41) is 0. The molecule has 11 heteroatoms. The predicted molar refractivity (Wildman–Crippen MR) is 116 cm³/mol. The molecule has 0 spiro atoms. The quantitative estimate of drug-likeness (QED) is 0.489. The Balaban J connectivity index is 1.69. The lowest BCUT2D eigenvalue weighted by molar-refractivity contribution is -0.138. The molecule has 0 aliphatic carbocycles. The SMILES string of the molecule is COCCN(C[C@H]1CN(Cc2cccc(C(F)(F)F)c2)CCO1)C(=O)c1cccc(C(F)(F)F)c1. The van der Waals surface area contributed by atoms with Crippen LogP contribution in [0.15, 0.2) is 48.5 Å². The fraction of sp³-hybridized carbons (Fsp3) is 0.458. The molecule has 3 rings (SSSR count). The van der Waals surface area contributed by atoms with Crippen LogP contribution < -0.4 is 0 Å². The standard InChI is InChI=1S/C24H26F6N2O3/c1-34-10-9-32(22(33)18-5-3-7-20(13-18)24(28,29)30)16-21-15-31(8-11-35-21)14-17-4-2-6-19(12-17)23(25,26)27/h2-7,12-13,21H,8-11,14-16H2,1H3/t21-/m1/s1. The van der Waals surface area contributed by atoms with Gasteiger partial charge in [0.15, 0.2) is 0 Å². The number of halogens is 6. The van der Waals surface area contributed by atoms with Crippen molar-refractivity contribution in [2.24, 2.45) is 0 Å². The molecule has 1 fully saturated rings. The number of ether oxygens (including phenoxy) is 2. The molecule has 2 aromatic rings. The van der Waals surface area contributed by atoms with Crippen LogP contribution in [-0.4, -0.2) is 68.3 Å². The van der Waals surface area contributed by atoms with Crippen LogP contribution in [0.1, 0.15) is 27.0 Å². The topological polar surface area (TPSA) is 42.0 Å². The van der Waals surface area contributed by atoms with Gasteiger partial charge in [-0.3, -0.25) is 9.69 Å². The number of methoxy groups -OCH3 is 1. The first-order valence-electron chi connectivity index (χ1n) is 10.9. The Morgan fingerprint density at radius 2 is 1.71 bits per heavy atom. The number of amides is 1. The van der Waals surface area contributed by atoms with Gasteiger partial charge in [0.25, 0.3) is 5.91 Å². The molecule has 5 nitrogen and oxygen atoms in total. The summed E-state index contributed by atoms with van der Waals surface area (Å²) >= 11 is 0. The predicted octanol–water partition coefficient (Wildman–Crippen LogP) is 4.71. The molecule has 0 radical (unpaired) electrons. The Morgan fingerprint density at radius 3 is 2.37 bits per heavy atom. The Hall–Kier alpha value is -2.63. The number of alkyl halides is 6. The molecule has 0 bridgehead atoms. The molecular weight excluding hydrogens is 478 g/mol. The lowest BCUT2D eigenvalue weighted by Gasteiger charge is -2.36. The number of hydrogen-bond donors (Lipinski definition) is 0. The van der Waals surface area contributed by atoms with Gasteiger partial charge >= 0.3 is 12.4 Å². The molecule has 1 saturated heterocycles. The average molecular weight is 504 g/mol. The molecule has 1 aliphatic heterocycles. The van der Waals surface area contributed by atoms with E-state index >= 15 is 0 Å². The lowest BCUT2D eigenvalue weighted by Crippen LogP contribution is -2.49. The molecule has 1 atom stereocenters. The van der Waals surface area contributed by atoms with E-state index in [2.05, 4.69) is 0 Å². The van der Waals surface area contributed by atoms with E-state index in [1.54, 1.807) is 6.07 Å². The summed E-state index contributed by atoms with van der Waals surface area (Å²) in [4.78, 5) is 16.3. The summed E-state index contributed by atoms with van der Waals surface area (Å²) in [6.07, 6.45) is -9.49. The minimum absolute atomic E-state index is 0.0948. The maximum atomic E-state index is 13.1. The molecule has 192 valence electrons. The Bertz CT molecular complexity index is 996. The van der Waals surface area contributed by atoms with Crippen molar-refractivity contribution in [3.63, 3.8) is 0 Å². The van der Waals surface area contributed by atoms with E-state index < -0.39 is 35.5 Å². The van der Waals surface area contributed by atoms with E-state index in [0.29, 0.717) is 25.3 Å². The maximum absolute atomic E-state index is 13.1. The summed E-state index contributed by atoms with van der Waals surface area (Å²) < 4.78 is 89.1. The van der Waals surface area contributed by atoms with Crippen LogP contribution >= 0.6 is 0 Å². The van der Waals surface area contributed by atoms with Gasteiger partial charge in [0, 0.05) is 45.4 Å². The van der Waals surface area contributed by atoms with E-state index in [1.165, 1.54) is 30.2 Å². The van der Waals surface area contributed by atoms with Gasteiger partial charge in [0.1, 0.15) is 0 Å². The zero-order valence-electron chi connectivity index (χ0n) is 19.0. The minimum Gasteiger partial charge on any atom is -0.383 e. The maximum Gasteiger partial charge on any atom is 0.416 e. The van der Waals surface area contributed by atoms with Crippen LogP contribution in [0.25, 0.3) is 0 Å². The van der Waals surface area contributed by atoms with Gasteiger partial charge in [0.2, 0.25) is 0 Å². The van der Waals surface area contributed by atoms with Gasteiger partial charge in [-0.25, -0.2) is 0 Å². The smallest absolute Gasteiger partial charge is 0.383 e. The first-order chi connectivity index (χ1) is 16.5. The van der Waals surface area contributed by atoms with Crippen molar-refractivity contribution >= 4 is 5.91 Å². The van der Waals surface area contributed by atoms with Crippen molar-refractivity contribution in [1.82, 2.24) is 9.80 Å². The van der Waals surface area contributed by atoms with Gasteiger partial charge in [-0.1, -0.05) is 24.3 Å². The second-order valence-corrected chi connectivity index (χ2v) is 8.25. The molecule has 0 N–H and O–H groups in total. The molecule has 0 aromatic heterocycles. The van der Waals surface area contributed by atoms with Crippen molar-refractivity contribution < 1.29 is 40.6 Å². The van der Waals surface area contributed by atoms with Crippen molar-refractivity contribution in [2.75, 3.05) is 46.5 Å². The number of nitrogens with zero attached hydrogens (tertiary/aromatic N) is 2. The van der Waals surface area contributed by atoms with Gasteiger partial charge in [-0.05, 0) is 29.8 Å². The van der Waals surface area contributed by atoms with Crippen molar-refractivity contribution in [3.8, 4) is 0 Å². The lowest BCUT2D eigenvalue weighted by atomic mass is 10.1. The second-order valence-electron chi connectivity index (χ2n) is 8.25. The van der Waals surface area contributed by atoms with E-state index in [0.717, 1.165) is 24.3 Å². The van der Waals surface area contributed by atoms with Crippen LogP contribution in [0, 0.1) is 0 Å². The number of carbonyl (C=O) groups excluding carboxylic acids is 1. The summed E-state index contributed by atoms with van der Waals surface area (Å²) in [6, 6.07) is 9.29. The Kier molecular flexibility index (Phi) is 8.79. The Morgan fingerprint density at radius 1 is 1.06 bits per heavy atom. The number of morpholine rings is 1. The van der Waals surface area contributed by atoms with Gasteiger partial charge in [-0.15, -0.1) is 0 Å².